The topological polar surface area (TPSA) is 103 Å². The Labute approximate surface area is 104 Å². The van der Waals surface area contributed by atoms with Crippen molar-refractivity contribution in [2.45, 2.75) is 20.8 Å². The highest BCUT2D eigenvalue weighted by Gasteiger charge is 2.29. The van der Waals surface area contributed by atoms with Gasteiger partial charge in [0.15, 0.2) is 0 Å². The van der Waals surface area contributed by atoms with E-state index < -0.39 is 22.1 Å². The second-order valence-corrected chi connectivity index (χ2v) is 4.51. The van der Waals surface area contributed by atoms with Crippen LogP contribution < -0.4 is 4.74 Å². The third-order valence-corrected chi connectivity index (χ3v) is 2.32. The van der Waals surface area contributed by atoms with Gasteiger partial charge >= 0.3 is 11.8 Å². The van der Waals surface area contributed by atoms with Crippen LogP contribution in [-0.2, 0) is 4.79 Å². The number of carboxylic acids is 1. The molecule has 0 aliphatic carbocycles. The van der Waals surface area contributed by atoms with Crippen LogP contribution in [-0.4, -0.2) is 27.6 Å². The van der Waals surface area contributed by atoms with E-state index in [1.807, 2.05) is 0 Å². The van der Waals surface area contributed by atoms with E-state index in [1.165, 1.54) is 19.9 Å². The van der Waals surface area contributed by atoms with Crippen molar-refractivity contribution in [2.75, 3.05) is 6.61 Å². The van der Waals surface area contributed by atoms with Gasteiger partial charge in [-0.05, 0) is 35.9 Å². The monoisotopic (exact) mass is 254 g/mol. The lowest BCUT2D eigenvalue weighted by Crippen LogP contribution is -2.30. The summed E-state index contributed by atoms with van der Waals surface area (Å²) in [6.07, 6.45) is 0. The van der Waals surface area contributed by atoms with E-state index in [-0.39, 0.29) is 12.4 Å². The molecule has 0 aliphatic rings. The van der Waals surface area contributed by atoms with E-state index in [9.17, 15) is 14.9 Å². The van der Waals surface area contributed by atoms with Crippen LogP contribution in [0, 0.1) is 22.5 Å². The Morgan fingerprint density at radius 3 is 2.67 bits per heavy atom. The molecule has 0 saturated carbocycles. The quantitative estimate of drug-likeness (QED) is 0.634. The zero-order valence-corrected chi connectivity index (χ0v) is 10.3. The fourth-order valence-electron chi connectivity index (χ4n) is 1.09. The first kappa shape index (κ1) is 13.9. The van der Waals surface area contributed by atoms with Gasteiger partial charge in [-0.3, -0.25) is 4.79 Å². The van der Waals surface area contributed by atoms with Crippen LogP contribution in [0.4, 0.5) is 5.82 Å². The minimum absolute atomic E-state index is 0.0278. The lowest BCUT2D eigenvalue weighted by atomic mass is 9.95. The van der Waals surface area contributed by atoms with Crippen molar-refractivity contribution in [3.8, 4) is 5.75 Å². The molecule has 0 aromatic carbocycles. The highest BCUT2D eigenvalue weighted by atomic mass is 16.6. The first-order chi connectivity index (χ1) is 8.24. The van der Waals surface area contributed by atoms with E-state index in [2.05, 4.69) is 4.98 Å². The SMILES string of the molecule is Cc1ccc(OCC(C)(C)C(=O)O)c([N+](=O)[O-])n1. The summed E-state index contributed by atoms with van der Waals surface area (Å²) in [5.74, 6) is -1.47. The Morgan fingerprint density at radius 1 is 1.56 bits per heavy atom. The lowest BCUT2D eigenvalue weighted by Gasteiger charge is -2.19. The van der Waals surface area contributed by atoms with Crippen molar-refractivity contribution in [3.63, 3.8) is 0 Å². The average molecular weight is 254 g/mol. The van der Waals surface area contributed by atoms with Crippen LogP contribution in [0.25, 0.3) is 0 Å². The molecule has 18 heavy (non-hydrogen) atoms. The van der Waals surface area contributed by atoms with Crippen molar-refractivity contribution >= 4 is 11.8 Å². The zero-order chi connectivity index (χ0) is 13.9. The molecule has 7 heteroatoms. The van der Waals surface area contributed by atoms with Gasteiger partial charge in [0.25, 0.3) is 0 Å². The van der Waals surface area contributed by atoms with E-state index in [0.29, 0.717) is 5.69 Å². The number of aliphatic carboxylic acids is 1. The maximum Gasteiger partial charge on any atom is 0.406 e. The number of ether oxygens (including phenoxy) is 1. The summed E-state index contributed by atoms with van der Waals surface area (Å²) in [4.78, 5) is 24.8. The highest BCUT2D eigenvalue weighted by Crippen LogP contribution is 2.26. The minimum atomic E-state index is -1.13. The van der Waals surface area contributed by atoms with E-state index >= 15 is 0 Å². The summed E-state index contributed by atoms with van der Waals surface area (Å²) in [6.45, 7) is 4.40. The Hall–Kier alpha value is -2.18. The molecule has 1 rings (SSSR count). The van der Waals surface area contributed by atoms with Gasteiger partial charge < -0.3 is 20.0 Å². The molecule has 0 unspecified atom stereocenters. The zero-order valence-electron chi connectivity index (χ0n) is 10.3. The number of aromatic nitrogens is 1. The number of aryl methyl sites for hydroxylation is 1. The molecule has 1 aromatic heterocycles. The standard InChI is InChI=1S/C11H14N2O5/c1-7-4-5-8(9(12-7)13(16)17)18-6-11(2,3)10(14)15/h4-5H,6H2,1-3H3,(H,14,15). The second-order valence-electron chi connectivity index (χ2n) is 4.51. The van der Waals surface area contributed by atoms with Gasteiger partial charge in [0, 0.05) is 6.92 Å². The summed E-state index contributed by atoms with van der Waals surface area (Å²) in [5, 5.41) is 19.7. The third-order valence-electron chi connectivity index (χ3n) is 2.32. The maximum absolute atomic E-state index is 10.9. The third kappa shape index (κ3) is 3.16. The number of rotatable bonds is 5. The molecule has 0 aliphatic heterocycles. The highest BCUT2D eigenvalue weighted by molar-refractivity contribution is 5.73. The van der Waals surface area contributed by atoms with Crippen LogP contribution in [0.3, 0.4) is 0 Å². The number of carbonyl (C=O) groups is 1. The second kappa shape index (κ2) is 4.99. The van der Waals surface area contributed by atoms with Crippen molar-refractivity contribution in [2.24, 2.45) is 5.41 Å². The fraction of sp³-hybridized carbons (Fsp3) is 0.455. The molecule has 1 aromatic rings. The van der Waals surface area contributed by atoms with Gasteiger partial charge in [-0.2, -0.15) is 0 Å². The van der Waals surface area contributed by atoms with E-state index in [0.717, 1.165) is 0 Å². The van der Waals surface area contributed by atoms with Crippen LogP contribution in [0.2, 0.25) is 0 Å². The number of pyridine rings is 1. The number of hydrogen-bond acceptors (Lipinski definition) is 5. The molecule has 98 valence electrons. The molecule has 0 atom stereocenters. The molecule has 0 saturated heterocycles. The largest absolute Gasteiger partial charge is 0.484 e. The van der Waals surface area contributed by atoms with Gasteiger partial charge in [-0.1, -0.05) is 0 Å². The van der Waals surface area contributed by atoms with Gasteiger partial charge in [0.05, 0.1) is 5.41 Å². The van der Waals surface area contributed by atoms with Crippen LogP contribution in [0.1, 0.15) is 19.5 Å². The van der Waals surface area contributed by atoms with Crippen molar-refractivity contribution in [1.29, 1.82) is 0 Å². The predicted octanol–water partition coefficient (Wildman–Crippen LogP) is 1.79. The van der Waals surface area contributed by atoms with Crippen LogP contribution in [0.5, 0.6) is 5.75 Å². The van der Waals surface area contributed by atoms with E-state index in [1.54, 1.807) is 13.0 Å². The Morgan fingerprint density at radius 2 is 2.17 bits per heavy atom. The fourth-order valence-corrected chi connectivity index (χ4v) is 1.09. The summed E-state index contributed by atoms with van der Waals surface area (Å²) in [7, 11) is 0. The molecule has 1 heterocycles. The summed E-state index contributed by atoms with van der Waals surface area (Å²) >= 11 is 0. The summed E-state index contributed by atoms with van der Waals surface area (Å²) < 4.78 is 5.19. The molecular formula is C11H14N2O5. The molecule has 0 bridgehead atoms. The van der Waals surface area contributed by atoms with Crippen LogP contribution >= 0.6 is 0 Å². The van der Waals surface area contributed by atoms with Crippen molar-refractivity contribution in [3.05, 3.63) is 27.9 Å². The minimum Gasteiger partial charge on any atom is -0.484 e. The lowest BCUT2D eigenvalue weighted by molar-refractivity contribution is -0.390. The Kier molecular flexibility index (Phi) is 3.85. The summed E-state index contributed by atoms with van der Waals surface area (Å²) in [5.41, 5.74) is -0.634. The molecular weight excluding hydrogens is 240 g/mol. The van der Waals surface area contributed by atoms with Crippen molar-refractivity contribution in [1.82, 2.24) is 4.98 Å². The smallest absolute Gasteiger partial charge is 0.406 e. The first-order valence-corrected chi connectivity index (χ1v) is 5.22. The molecule has 7 nitrogen and oxygen atoms in total. The molecule has 0 radical (unpaired) electrons. The molecule has 0 amide bonds. The summed E-state index contributed by atoms with van der Waals surface area (Å²) in [6, 6.07) is 2.98. The van der Waals surface area contributed by atoms with E-state index in [4.69, 9.17) is 9.84 Å². The number of carboxylic acid groups (broad SMARTS) is 1. The van der Waals surface area contributed by atoms with Crippen molar-refractivity contribution < 1.29 is 19.6 Å². The maximum atomic E-state index is 10.9. The number of nitrogens with zero attached hydrogens (tertiary/aromatic N) is 2. The first-order valence-electron chi connectivity index (χ1n) is 5.22. The molecule has 0 spiro atoms. The number of nitro groups is 1. The van der Waals surface area contributed by atoms with Crippen LogP contribution in [0.15, 0.2) is 12.1 Å². The predicted molar refractivity (Wildman–Crippen MR) is 62.5 cm³/mol. The Bertz CT molecular complexity index is 484. The van der Waals surface area contributed by atoms with Gasteiger partial charge in [-0.15, -0.1) is 0 Å². The molecule has 1 N–H and O–H groups in total. The average Bonchev–Trinajstić information content (AvgIpc) is 2.27. The number of hydrogen-bond donors (Lipinski definition) is 1. The van der Waals surface area contributed by atoms with Gasteiger partial charge in [0.1, 0.15) is 12.3 Å². The normalized spacial score (nSPS) is 11.1. The van der Waals surface area contributed by atoms with Gasteiger partial charge in [0.2, 0.25) is 5.75 Å². The molecule has 0 fully saturated rings. The van der Waals surface area contributed by atoms with Gasteiger partial charge in [-0.25, -0.2) is 0 Å². The Balaban J connectivity index is 2.92.